The van der Waals surface area contributed by atoms with Gasteiger partial charge in [-0.25, -0.2) is 14.8 Å². The molecule has 13 heteroatoms. The molecule has 46 heavy (non-hydrogen) atoms. The lowest BCUT2D eigenvalue weighted by Gasteiger charge is -2.34. The van der Waals surface area contributed by atoms with Crippen LogP contribution in [0.2, 0.25) is 0 Å². The lowest BCUT2D eigenvalue weighted by atomic mass is 9.93. The number of thiazole rings is 1. The molecule has 2 saturated heterocycles. The molecule has 2 bridgehead atoms. The molecule has 1 saturated carbocycles. The molecular formula is C33H36N8O4S. The predicted molar refractivity (Wildman–Crippen MR) is 175 cm³/mol. The van der Waals surface area contributed by atoms with Crippen LogP contribution in [0.4, 0.5) is 16.3 Å². The minimum atomic E-state index is -0.400. The minimum absolute atomic E-state index is 0.197. The molecule has 3 amide bonds. The number of ether oxygens (including phenoxy) is 1. The van der Waals surface area contributed by atoms with Crippen LogP contribution in [0.25, 0.3) is 26.6 Å². The highest BCUT2D eigenvalue weighted by Gasteiger charge is 2.47. The van der Waals surface area contributed by atoms with Crippen LogP contribution < -0.4 is 15.4 Å². The van der Waals surface area contributed by atoms with Gasteiger partial charge in [-0.3, -0.25) is 19.4 Å². The van der Waals surface area contributed by atoms with Crippen LogP contribution in [0, 0.1) is 5.92 Å². The Morgan fingerprint density at radius 2 is 1.87 bits per heavy atom. The quantitative estimate of drug-likeness (QED) is 0.224. The van der Waals surface area contributed by atoms with Crippen LogP contribution in [0.5, 0.6) is 5.88 Å². The average molecular weight is 641 g/mol. The molecule has 0 unspecified atom stereocenters. The number of carbonyl (C=O) groups is 2. The van der Waals surface area contributed by atoms with E-state index in [2.05, 4.69) is 25.6 Å². The average Bonchev–Trinajstić information content (AvgIpc) is 3.40. The summed E-state index contributed by atoms with van der Waals surface area (Å²) in [7, 11) is 0. The second kappa shape index (κ2) is 11.1. The van der Waals surface area contributed by atoms with E-state index in [-0.39, 0.29) is 5.41 Å². The van der Waals surface area contributed by atoms with E-state index in [9.17, 15) is 9.59 Å². The second-order valence-corrected chi connectivity index (χ2v) is 14.4. The van der Waals surface area contributed by atoms with Crippen LogP contribution in [-0.4, -0.2) is 79.6 Å². The molecule has 4 aromatic heterocycles. The summed E-state index contributed by atoms with van der Waals surface area (Å²) in [5, 5.41) is 9.46. The number of urea groups is 1. The van der Waals surface area contributed by atoms with Gasteiger partial charge in [-0.1, -0.05) is 49.4 Å². The second-order valence-electron chi connectivity index (χ2n) is 13.5. The fourth-order valence-corrected chi connectivity index (χ4v) is 7.38. The molecule has 5 aromatic rings. The zero-order chi connectivity index (χ0) is 31.6. The van der Waals surface area contributed by atoms with Crippen LogP contribution in [0.1, 0.15) is 45.8 Å². The number of fused-ring (bicyclic) bond motifs is 5. The van der Waals surface area contributed by atoms with E-state index in [0.717, 1.165) is 65.5 Å². The summed E-state index contributed by atoms with van der Waals surface area (Å²) in [6.07, 6.45) is 5.22. The third-order valence-corrected chi connectivity index (χ3v) is 10.0. The Bertz CT molecular complexity index is 1940. The lowest BCUT2D eigenvalue weighted by molar-refractivity contribution is -0.134. The normalized spacial score (nSPS) is 19.8. The van der Waals surface area contributed by atoms with Gasteiger partial charge in [-0.15, -0.1) is 0 Å². The molecule has 12 nitrogen and oxygen atoms in total. The van der Waals surface area contributed by atoms with Gasteiger partial charge in [0.25, 0.3) is 0 Å². The number of anilines is 2. The molecule has 0 radical (unpaired) electrons. The molecule has 2 aliphatic heterocycles. The Hall–Kier alpha value is -4.49. The smallest absolute Gasteiger partial charge is 0.324 e. The number of imidazole rings is 1. The fourth-order valence-electron chi connectivity index (χ4n) is 6.40. The molecule has 1 aromatic carbocycles. The number of pyridine rings is 1. The molecule has 6 heterocycles. The number of benzene rings is 1. The first-order chi connectivity index (χ1) is 22.2. The van der Waals surface area contributed by atoms with E-state index in [1.807, 2.05) is 67.8 Å². The number of rotatable bonds is 8. The Kier molecular flexibility index (Phi) is 6.98. The topological polar surface area (TPSA) is 130 Å². The van der Waals surface area contributed by atoms with Crippen LogP contribution in [0.3, 0.4) is 0 Å². The van der Waals surface area contributed by atoms with Crippen molar-refractivity contribution in [2.75, 3.05) is 36.9 Å². The molecule has 1 aliphatic carbocycles. The SMILES string of the molecule is CC(C)(C)c1cc(NC(=O)Nc2ccc(-c3cn4c(n3)sc3nc(OCCN5C[C@@H]6C[C@@H]5CN6C(=O)C5CC5)ccc34)cc2)no1. The van der Waals surface area contributed by atoms with Crippen molar-refractivity contribution in [3.05, 3.63) is 54.4 Å². The zero-order valence-electron chi connectivity index (χ0n) is 26.0. The largest absolute Gasteiger partial charge is 0.476 e. The van der Waals surface area contributed by atoms with Gasteiger partial charge < -0.3 is 19.5 Å². The maximum Gasteiger partial charge on any atom is 0.324 e. The van der Waals surface area contributed by atoms with Crippen molar-refractivity contribution >= 4 is 50.1 Å². The van der Waals surface area contributed by atoms with Crippen LogP contribution >= 0.6 is 11.3 Å². The fraction of sp³-hybridized carbons (Fsp3) is 0.424. The summed E-state index contributed by atoms with van der Waals surface area (Å²) in [5.41, 5.74) is 3.19. The summed E-state index contributed by atoms with van der Waals surface area (Å²) in [6, 6.07) is 13.6. The van der Waals surface area contributed by atoms with E-state index >= 15 is 0 Å². The molecule has 238 valence electrons. The standard InChI is InChI=1S/C33H36N8O4S/c1-33(2,3)26-15-27(38-45-26)36-31(43)34-21-8-6-19(7-9-21)24-18-41-25-10-11-28(37-29(25)46-32(41)35-24)44-13-12-39-16-23-14-22(39)17-40(23)30(42)20-4-5-20/h6-11,15,18,20,22-23H,4-5,12-14,16-17H2,1-3H3,(H2,34,36,38,43)/t22-,23+/m1/s1. The van der Waals surface area contributed by atoms with Crippen molar-refractivity contribution in [1.29, 1.82) is 0 Å². The molecule has 0 spiro atoms. The zero-order valence-corrected chi connectivity index (χ0v) is 26.8. The summed E-state index contributed by atoms with van der Waals surface area (Å²) in [5.74, 6) is 2.34. The number of hydrogen-bond acceptors (Lipinski definition) is 9. The molecular weight excluding hydrogens is 604 g/mol. The van der Waals surface area contributed by atoms with E-state index < -0.39 is 6.03 Å². The van der Waals surface area contributed by atoms with Crippen molar-refractivity contribution in [3.63, 3.8) is 0 Å². The summed E-state index contributed by atoms with van der Waals surface area (Å²) in [6.45, 7) is 9.26. The molecule has 8 rings (SSSR count). The number of carbonyl (C=O) groups excluding carboxylic acids is 2. The number of aromatic nitrogens is 4. The molecule has 3 fully saturated rings. The number of piperazine rings is 1. The van der Waals surface area contributed by atoms with Gasteiger partial charge in [-0.2, -0.15) is 0 Å². The van der Waals surface area contributed by atoms with Crippen LogP contribution in [0.15, 0.2) is 53.2 Å². The van der Waals surface area contributed by atoms with Crippen molar-refractivity contribution in [3.8, 4) is 17.1 Å². The summed E-state index contributed by atoms with van der Waals surface area (Å²) in [4.78, 5) is 40.9. The van der Waals surface area contributed by atoms with Gasteiger partial charge >= 0.3 is 6.03 Å². The highest BCUT2D eigenvalue weighted by molar-refractivity contribution is 7.23. The van der Waals surface area contributed by atoms with Gasteiger partial charge in [0.05, 0.1) is 11.2 Å². The van der Waals surface area contributed by atoms with Gasteiger partial charge in [0, 0.05) is 72.6 Å². The minimum Gasteiger partial charge on any atom is -0.476 e. The number of hydrogen-bond donors (Lipinski definition) is 2. The Morgan fingerprint density at radius 1 is 1.04 bits per heavy atom. The summed E-state index contributed by atoms with van der Waals surface area (Å²) < 4.78 is 13.4. The first-order valence-corrected chi connectivity index (χ1v) is 16.6. The number of amides is 3. The first kappa shape index (κ1) is 28.9. The van der Waals surface area contributed by atoms with Gasteiger partial charge in [-0.05, 0) is 37.5 Å². The summed E-state index contributed by atoms with van der Waals surface area (Å²) >= 11 is 1.52. The Morgan fingerprint density at radius 3 is 2.59 bits per heavy atom. The number of nitrogens with zero attached hydrogens (tertiary/aromatic N) is 6. The predicted octanol–water partition coefficient (Wildman–Crippen LogP) is 5.61. The third kappa shape index (κ3) is 5.58. The highest BCUT2D eigenvalue weighted by Crippen LogP contribution is 2.37. The number of likely N-dealkylation sites (tertiary alicyclic amines) is 2. The first-order valence-electron chi connectivity index (χ1n) is 15.8. The maximum absolute atomic E-state index is 12.5. The Balaban J connectivity index is 0.861. The van der Waals surface area contributed by atoms with E-state index in [1.165, 1.54) is 11.3 Å². The van der Waals surface area contributed by atoms with E-state index in [1.54, 1.807) is 6.07 Å². The molecule has 2 atom stereocenters. The van der Waals surface area contributed by atoms with Gasteiger partial charge in [0.15, 0.2) is 10.8 Å². The highest BCUT2D eigenvalue weighted by atomic mass is 32.1. The Labute approximate surface area is 269 Å². The van der Waals surface area contributed by atoms with Crippen molar-refractivity contribution in [2.45, 2.75) is 57.5 Å². The monoisotopic (exact) mass is 640 g/mol. The van der Waals surface area contributed by atoms with Gasteiger partial charge in [0.2, 0.25) is 11.8 Å². The lowest BCUT2D eigenvalue weighted by Crippen LogP contribution is -2.50. The molecule has 2 N–H and O–H groups in total. The van der Waals surface area contributed by atoms with Gasteiger partial charge in [0.1, 0.15) is 17.2 Å². The van der Waals surface area contributed by atoms with Crippen molar-refractivity contribution in [2.24, 2.45) is 5.92 Å². The van der Waals surface area contributed by atoms with E-state index in [4.69, 9.17) is 19.2 Å². The maximum atomic E-state index is 12.5. The van der Waals surface area contributed by atoms with E-state index in [0.29, 0.717) is 53.7 Å². The number of nitrogens with one attached hydrogen (secondary N) is 2. The third-order valence-electron chi connectivity index (χ3n) is 9.06. The van der Waals surface area contributed by atoms with Crippen molar-refractivity contribution < 1.29 is 18.8 Å². The molecule has 3 aliphatic rings. The van der Waals surface area contributed by atoms with Crippen LogP contribution in [-0.2, 0) is 10.2 Å². The van der Waals surface area contributed by atoms with Crippen molar-refractivity contribution in [1.82, 2.24) is 29.3 Å².